The smallest absolute Gasteiger partial charge is 0.430 e. The Morgan fingerprint density at radius 3 is 2.00 bits per heavy atom. The van der Waals surface area contributed by atoms with E-state index >= 15 is 0 Å². The number of nitrogens with zero attached hydrogens (tertiary/aromatic N) is 1. The Bertz CT molecular complexity index is 262. The van der Waals surface area contributed by atoms with Gasteiger partial charge in [0.15, 0.2) is 0 Å². The molecule has 0 aromatic rings. The van der Waals surface area contributed by atoms with Crippen molar-refractivity contribution in [1.82, 2.24) is 4.90 Å². The zero-order valence-corrected chi connectivity index (χ0v) is 11.5. The molecule has 0 saturated heterocycles. The van der Waals surface area contributed by atoms with Crippen molar-refractivity contribution in [2.24, 2.45) is 0 Å². The minimum Gasteiger partial charge on any atom is -0.607 e. The fourth-order valence-corrected chi connectivity index (χ4v) is 2.80. The van der Waals surface area contributed by atoms with Gasteiger partial charge < -0.3 is 4.55 Å². The van der Waals surface area contributed by atoms with E-state index in [1.165, 1.54) is 11.8 Å². The van der Waals surface area contributed by atoms with Crippen molar-refractivity contribution in [2.45, 2.75) is 45.8 Å². The van der Waals surface area contributed by atoms with Gasteiger partial charge in [0.1, 0.15) is 10.5 Å². The Kier molecular flexibility index (Phi) is 6.04. The van der Waals surface area contributed by atoms with E-state index in [4.69, 9.17) is 0 Å². The van der Waals surface area contributed by atoms with E-state index in [0.29, 0.717) is 13.1 Å². The van der Waals surface area contributed by atoms with Gasteiger partial charge in [-0.2, -0.15) is 0 Å². The van der Waals surface area contributed by atoms with Gasteiger partial charge in [-0.05, 0) is 34.6 Å². The molecule has 0 aliphatic heterocycles. The van der Waals surface area contributed by atoms with E-state index in [2.05, 4.69) is 0 Å². The van der Waals surface area contributed by atoms with E-state index in [1.807, 2.05) is 13.8 Å². The Labute approximate surface area is 101 Å². The van der Waals surface area contributed by atoms with Crippen LogP contribution in [0.3, 0.4) is 0 Å². The quantitative estimate of drug-likeness (QED) is 0.698. The van der Waals surface area contributed by atoms with Crippen LogP contribution in [-0.2, 0) is 16.0 Å². The summed E-state index contributed by atoms with van der Waals surface area (Å²) in [6, 6.07) is 0. The van der Waals surface area contributed by atoms with E-state index in [0.717, 1.165) is 0 Å². The highest BCUT2D eigenvalue weighted by atomic mass is 32.2. The maximum Gasteiger partial charge on any atom is 0.430 e. The predicted molar refractivity (Wildman–Crippen MR) is 65.8 cm³/mol. The average molecular weight is 247 g/mol. The second-order valence-electron chi connectivity index (χ2n) is 4.35. The molecule has 0 radical (unpaired) electrons. The molecule has 16 heavy (non-hydrogen) atoms. The summed E-state index contributed by atoms with van der Waals surface area (Å²) in [4.78, 5) is 24.4. The normalized spacial score (nSPS) is 13.4. The molecule has 1 atom stereocenters. The molecular weight excluding hydrogens is 226 g/mol. The number of carbonyl (C=O) groups is 2. The van der Waals surface area contributed by atoms with Crippen LogP contribution < -0.4 is 0 Å². The van der Waals surface area contributed by atoms with E-state index < -0.39 is 15.9 Å². The van der Waals surface area contributed by atoms with Crippen LogP contribution in [-0.4, -0.2) is 38.3 Å². The second-order valence-corrected chi connectivity index (χ2v) is 6.34. The molecule has 0 aliphatic carbocycles. The third kappa shape index (κ3) is 4.14. The highest BCUT2D eigenvalue weighted by Gasteiger charge is 2.41. The average Bonchev–Trinajstić information content (AvgIpc) is 2.16. The molecule has 0 heterocycles. The number of rotatable bonds is 5. The van der Waals surface area contributed by atoms with Crippen LogP contribution in [0.5, 0.6) is 0 Å². The van der Waals surface area contributed by atoms with Gasteiger partial charge in [-0.1, -0.05) is 0 Å². The summed E-state index contributed by atoms with van der Waals surface area (Å²) in [6.45, 7) is 9.58. The van der Waals surface area contributed by atoms with Crippen molar-refractivity contribution in [2.75, 3.05) is 13.1 Å². The number of hydrogen-bond donors (Lipinski definition) is 0. The van der Waals surface area contributed by atoms with Crippen molar-refractivity contribution in [3.05, 3.63) is 0 Å². The highest BCUT2D eigenvalue weighted by Crippen LogP contribution is 2.24. The fourth-order valence-electron chi connectivity index (χ4n) is 1.50. The summed E-state index contributed by atoms with van der Waals surface area (Å²) in [5.41, 5.74) is 0. The Morgan fingerprint density at radius 1 is 1.25 bits per heavy atom. The van der Waals surface area contributed by atoms with E-state index in [1.54, 1.807) is 13.8 Å². The third-order valence-corrected chi connectivity index (χ3v) is 4.08. The summed E-state index contributed by atoms with van der Waals surface area (Å²) in [5, 5.41) is -0.378. The molecule has 4 nitrogen and oxygen atoms in total. The monoisotopic (exact) mass is 247 g/mol. The first kappa shape index (κ1) is 15.4. The molecule has 0 rings (SSSR count). The minimum atomic E-state index is -1.66. The van der Waals surface area contributed by atoms with Gasteiger partial charge >= 0.3 is 5.24 Å². The van der Waals surface area contributed by atoms with Crippen LogP contribution in [0, 0.1) is 0 Å². The van der Waals surface area contributed by atoms with Crippen molar-refractivity contribution in [3.8, 4) is 0 Å². The molecule has 0 aromatic carbocycles. The summed E-state index contributed by atoms with van der Waals surface area (Å²) in [6.07, 6.45) is 0.159. The molecule has 94 valence electrons. The van der Waals surface area contributed by atoms with Crippen LogP contribution in [0.15, 0.2) is 0 Å². The lowest BCUT2D eigenvalue weighted by Crippen LogP contribution is -2.45. The van der Waals surface area contributed by atoms with E-state index in [9.17, 15) is 14.1 Å². The molecule has 0 spiro atoms. The summed E-state index contributed by atoms with van der Waals surface area (Å²) < 4.78 is 11.2. The Hall–Kier alpha value is -0.550. The van der Waals surface area contributed by atoms with Crippen LogP contribution >= 0.6 is 0 Å². The van der Waals surface area contributed by atoms with Gasteiger partial charge in [-0.25, -0.2) is 4.79 Å². The van der Waals surface area contributed by atoms with Gasteiger partial charge in [-0.3, -0.25) is 9.69 Å². The highest BCUT2D eigenvalue weighted by molar-refractivity contribution is 8.07. The third-order valence-electron chi connectivity index (χ3n) is 2.36. The largest absolute Gasteiger partial charge is 0.607 e. The molecule has 5 heteroatoms. The standard InChI is InChI=1S/C11H21NO3S/c1-6-12(7-2)10(14)16(15)11(4,5)8-9(3)13/h6-8H2,1-5H3. The molecule has 1 amide bonds. The molecule has 0 saturated carbocycles. The lowest BCUT2D eigenvalue weighted by atomic mass is 10.1. The molecule has 0 aliphatic rings. The first-order valence-electron chi connectivity index (χ1n) is 5.46. The zero-order chi connectivity index (χ0) is 12.9. The number of amides is 1. The number of ketones is 1. The molecule has 0 aromatic heterocycles. The molecular formula is C11H21NO3S. The summed E-state index contributed by atoms with van der Waals surface area (Å²) in [7, 11) is 0. The second kappa shape index (κ2) is 6.25. The topological polar surface area (TPSA) is 60.4 Å². The van der Waals surface area contributed by atoms with Crippen molar-refractivity contribution in [3.63, 3.8) is 0 Å². The lowest BCUT2D eigenvalue weighted by molar-refractivity contribution is -0.117. The van der Waals surface area contributed by atoms with Crippen LogP contribution in [0.25, 0.3) is 0 Å². The molecule has 1 unspecified atom stereocenters. The van der Waals surface area contributed by atoms with Gasteiger partial charge in [0.25, 0.3) is 0 Å². The summed E-state index contributed by atoms with van der Waals surface area (Å²) >= 11 is -1.66. The van der Waals surface area contributed by atoms with Gasteiger partial charge in [0.2, 0.25) is 0 Å². The Balaban J connectivity index is 4.70. The van der Waals surface area contributed by atoms with Gasteiger partial charge in [0.05, 0.1) is 17.6 Å². The van der Waals surface area contributed by atoms with Crippen molar-refractivity contribution >= 4 is 22.2 Å². The number of carbonyl (C=O) groups excluding carboxylic acids is 2. The summed E-state index contributed by atoms with van der Waals surface area (Å²) in [5.74, 6) is -0.0503. The van der Waals surface area contributed by atoms with Crippen molar-refractivity contribution in [1.29, 1.82) is 0 Å². The maximum absolute atomic E-state index is 12.0. The first-order valence-corrected chi connectivity index (χ1v) is 6.61. The SMILES string of the molecule is CCN(CC)C(=O)[S+]([O-])C(C)(C)CC(C)=O. The van der Waals surface area contributed by atoms with Crippen LogP contribution in [0.1, 0.15) is 41.0 Å². The predicted octanol–water partition coefficient (Wildman–Crippen LogP) is 1.95. The molecule has 0 fully saturated rings. The molecule has 0 N–H and O–H groups in total. The maximum atomic E-state index is 12.0. The Morgan fingerprint density at radius 2 is 1.69 bits per heavy atom. The molecule has 0 bridgehead atoms. The van der Waals surface area contributed by atoms with Crippen LogP contribution in [0.4, 0.5) is 4.79 Å². The fraction of sp³-hybridized carbons (Fsp3) is 0.818. The van der Waals surface area contributed by atoms with Crippen molar-refractivity contribution < 1.29 is 14.1 Å². The zero-order valence-electron chi connectivity index (χ0n) is 10.7. The number of Topliss-reactive ketones (excluding diaryl/α,β-unsaturated/α-hetero) is 1. The number of hydrogen-bond acceptors (Lipinski definition) is 3. The van der Waals surface area contributed by atoms with Gasteiger partial charge in [0, 0.05) is 13.1 Å². The van der Waals surface area contributed by atoms with E-state index in [-0.39, 0.29) is 17.4 Å². The lowest BCUT2D eigenvalue weighted by Gasteiger charge is -2.29. The van der Waals surface area contributed by atoms with Gasteiger partial charge in [-0.15, -0.1) is 0 Å². The minimum absolute atomic E-state index is 0.0503. The van der Waals surface area contributed by atoms with Crippen LogP contribution in [0.2, 0.25) is 0 Å². The first-order chi connectivity index (χ1) is 7.26.